The van der Waals surface area contributed by atoms with Gasteiger partial charge in [0.25, 0.3) is 11.5 Å². The molecule has 0 aliphatic carbocycles. The van der Waals surface area contributed by atoms with Gasteiger partial charge < -0.3 is 15.1 Å². The molecule has 0 saturated carbocycles. The van der Waals surface area contributed by atoms with Crippen LogP contribution in [0.5, 0.6) is 0 Å². The van der Waals surface area contributed by atoms with E-state index >= 15 is 0 Å². The van der Waals surface area contributed by atoms with Crippen LogP contribution in [0.25, 0.3) is 0 Å². The number of halogens is 8. The zero-order valence-electron chi connectivity index (χ0n) is 20.4. The molecule has 2 aliphatic rings. The molecular weight excluding hydrogens is 559 g/mol. The summed E-state index contributed by atoms with van der Waals surface area (Å²) >= 11 is 5.53. The van der Waals surface area contributed by atoms with Crippen molar-refractivity contribution >= 4 is 29.1 Å². The van der Waals surface area contributed by atoms with Crippen LogP contribution in [-0.2, 0) is 21.4 Å². The number of oxime groups is 1. The molecule has 0 radical (unpaired) electrons. The molecule has 2 amide bonds. The van der Waals surface area contributed by atoms with E-state index in [1.165, 1.54) is 25.1 Å². The number of carbonyl (C=O) groups is 2. The van der Waals surface area contributed by atoms with Crippen LogP contribution in [0.4, 0.5) is 30.7 Å². The highest BCUT2D eigenvalue weighted by atomic mass is 35.5. The van der Waals surface area contributed by atoms with E-state index in [0.717, 1.165) is 0 Å². The van der Waals surface area contributed by atoms with Gasteiger partial charge in [-0.2, -0.15) is 26.3 Å². The maximum atomic E-state index is 14.8. The van der Waals surface area contributed by atoms with Crippen LogP contribution in [0, 0.1) is 12.7 Å². The summed E-state index contributed by atoms with van der Waals surface area (Å²) in [6, 6.07) is 3.79. The lowest BCUT2D eigenvalue weighted by Gasteiger charge is -2.30. The summed E-state index contributed by atoms with van der Waals surface area (Å²) in [4.78, 5) is 30.9. The number of aryl methyl sites for hydroxylation is 1. The molecule has 0 bridgehead atoms. The molecule has 1 fully saturated rings. The average Bonchev–Trinajstić information content (AvgIpc) is 3.44. The minimum Gasteiger partial charge on any atom is -0.374 e. The number of likely N-dealkylation sites (tertiary alicyclic amines) is 1. The molecule has 4 rings (SSSR count). The van der Waals surface area contributed by atoms with Crippen LogP contribution in [0.3, 0.4) is 0 Å². The molecule has 2 aliphatic heterocycles. The predicted octanol–water partition coefficient (Wildman–Crippen LogP) is 5.74. The Morgan fingerprint density at radius 1 is 1.21 bits per heavy atom. The zero-order chi connectivity index (χ0) is 28.9. The second-order valence-corrected chi connectivity index (χ2v) is 9.69. The SMILES string of the molecule is CCN1C[C@H](NC(=O)c2ccc(C3=NO[C@](c4cc(C(F)(F)F)cc(Cl)c4F)(C(F)(F)F)C3)cc2C)CC1=O. The van der Waals surface area contributed by atoms with Gasteiger partial charge in [-0.15, -0.1) is 0 Å². The first kappa shape index (κ1) is 28.7. The molecule has 210 valence electrons. The minimum absolute atomic E-state index is 0.0132. The van der Waals surface area contributed by atoms with Crippen molar-refractivity contribution in [1.29, 1.82) is 0 Å². The first-order valence-corrected chi connectivity index (χ1v) is 12.0. The number of benzene rings is 2. The Morgan fingerprint density at radius 2 is 1.90 bits per heavy atom. The molecule has 1 saturated heterocycles. The van der Waals surface area contributed by atoms with E-state index in [1.807, 2.05) is 6.92 Å². The van der Waals surface area contributed by atoms with Crippen LogP contribution < -0.4 is 5.32 Å². The first-order valence-electron chi connectivity index (χ1n) is 11.7. The van der Waals surface area contributed by atoms with Crippen LogP contribution in [0.1, 0.15) is 52.4 Å². The quantitative estimate of drug-likeness (QED) is 0.460. The van der Waals surface area contributed by atoms with E-state index in [2.05, 4.69) is 15.3 Å². The number of alkyl halides is 6. The minimum atomic E-state index is -5.38. The summed E-state index contributed by atoms with van der Waals surface area (Å²) in [6.07, 6.45) is -11.5. The second kappa shape index (κ2) is 10.00. The normalized spacial score (nSPS) is 21.7. The molecule has 2 aromatic rings. The number of rotatable bonds is 5. The summed E-state index contributed by atoms with van der Waals surface area (Å²) in [5, 5.41) is 5.05. The van der Waals surface area contributed by atoms with Crippen molar-refractivity contribution in [3.8, 4) is 0 Å². The molecule has 0 aromatic heterocycles. The maximum absolute atomic E-state index is 14.8. The average molecular weight is 580 g/mol. The van der Waals surface area contributed by atoms with E-state index < -0.39 is 58.3 Å². The highest BCUT2D eigenvalue weighted by Crippen LogP contribution is 2.51. The molecule has 2 atom stereocenters. The van der Waals surface area contributed by atoms with Gasteiger partial charge in [0.1, 0.15) is 5.82 Å². The van der Waals surface area contributed by atoms with Crippen molar-refractivity contribution < 1.29 is 45.2 Å². The third kappa shape index (κ3) is 5.28. The van der Waals surface area contributed by atoms with Crippen molar-refractivity contribution in [3.05, 3.63) is 69.0 Å². The Kier molecular flexibility index (Phi) is 7.34. The molecule has 0 unspecified atom stereocenters. The summed E-state index contributed by atoms with van der Waals surface area (Å²) < 4.78 is 97.5. The lowest BCUT2D eigenvalue weighted by Crippen LogP contribution is -2.43. The van der Waals surface area contributed by atoms with E-state index in [-0.39, 0.29) is 41.3 Å². The van der Waals surface area contributed by atoms with Crippen LogP contribution >= 0.6 is 11.6 Å². The van der Waals surface area contributed by atoms with Crippen molar-refractivity contribution in [2.24, 2.45) is 5.16 Å². The van der Waals surface area contributed by atoms with Gasteiger partial charge in [-0.05, 0) is 49.2 Å². The molecule has 0 spiro atoms. The van der Waals surface area contributed by atoms with Gasteiger partial charge in [0.2, 0.25) is 5.91 Å². The van der Waals surface area contributed by atoms with Gasteiger partial charge >= 0.3 is 12.4 Å². The Balaban J connectivity index is 1.61. The fraction of sp³-hybridized carbons (Fsp3) is 0.400. The van der Waals surface area contributed by atoms with Crippen molar-refractivity contribution in [2.45, 2.75) is 50.7 Å². The van der Waals surface area contributed by atoms with Gasteiger partial charge in [-0.1, -0.05) is 22.8 Å². The summed E-state index contributed by atoms with van der Waals surface area (Å²) in [6.45, 7) is 4.18. The number of amides is 2. The van der Waals surface area contributed by atoms with Gasteiger partial charge in [0.15, 0.2) is 0 Å². The van der Waals surface area contributed by atoms with E-state index in [9.17, 15) is 40.3 Å². The molecule has 1 N–H and O–H groups in total. The number of hydrogen-bond acceptors (Lipinski definition) is 4. The van der Waals surface area contributed by atoms with Gasteiger partial charge in [0, 0.05) is 30.6 Å². The van der Waals surface area contributed by atoms with Crippen molar-refractivity contribution in [2.75, 3.05) is 13.1 Å². The van der Waals surface area contributed by atoms with Crippen molar-refractivity contribution in [1.82, 2.24) is 10.2 Å². The summed E-state index contributed by atoms with van der Waals surface area (Å²) in [5.41, 5.74) is -6.30. The number of likely N-dealkylation sites (N-methyl/N-ethyl adjacent to an activating group) is 1. The lowest BCUT2D eigenvalue weighted by molar-refractivity contribution is -0.276. The number of nitrogens with one attached hydrogen (secondary N) is 1. The number of nitrogens with zero attached hydrogens (tertiary/aromatic N) is 2. The summed E-state index contributed by atoms with van der Waals surface area (Å²) in [7, 11) is 0. The topological polar surface area (TPSA) is 71.0 Å². The van der Waals surface area contributed by atoms with Crippen molar-refractivity contribution in [3.63, 3.8) is 0 Å². The lowest BCUT2D eigenvalue weighted by atomic mass is 9.85. The molecule has 2 heterocycles. The Hall–Kier alpha value is -3.35. The Bertz CT molecular complexity index is 1360. The Labute approximate surface area is 222 Å². The molecule has 2 aromatic carbocycles. The second-order valence-electron chi connectivity index (χ2n) is 9.28. The maximum Gasteiger partial charge on any atom is 0.435 e. The van der Waals surface area contributed by atoms with E-state index in [0.29, 0.717) is 18.7 Å². The molecule has 39 heavy (non-hydrogen) atoms. The highest BCUT2D eigenvalue weighted by Gasteiger charge is 2.64. The zero-order valence-corrected chi connectivity index (χ0v) is 21.2. The molecular formula is C25H21ClF7N3O3. The van der Waals surface area contributed by atoms with Gasteiger partial charge in [-0.25, -0.2) is 4.39 Å². The molecule has 6 nitrogen and oxygen atoms in total. The Morgan fingerprint density at radius 3 is 2.46 bits per heavy atom. The van der Waals surface area contributed by atoms with Crippen LogP contribution in [0.15, 0.2) is 35.5 Å². The fourth-order valence-corrected chi connectivity index (χ4v) is 4.84. The number of carbonyl (C=O) groups excluding carboxylic acids is 2. The first-order chi connectivity index (χ1) is 18.1. The van der Waals surface area contributed by atoms with E-state index in [1.54, 1.807) is 4.90 Å². The van der Waals surface area contributed by atoms with Crippen LogP contribution in [-0.4, -0.2) is 47.7 Å². The largest absolute Gasteiger partial charge is 0.435 e. The highest BCUT2D eigenvalue weighted by molar-refractivity contribution is 6.30. The summed E-state index contributed by atoms with van der Waals surface area (Å²) in [5.74, 6) is -2.31. The van der Waals surface area contributed by atoms with Gasteiger partial charge in [-0.3, -0.25) is 9.59 Å². The standard InChI is InChI=1S/C25H21ClF7N3O3/c1-3-36-11-15(9-20(36)37)34-22(38)16-5-4-13(6-12(16)2)19-10-23(39-35-19,25(31,32)33)17-7-14(24(28,29)30)8-18(26)21(17)27/h4-8,15H,3,9-11H2,1-2H3,(H,34,38)/t15-,23-/m1/s1. The third-order valence-electron chi connectivity index (χ3n) is 6.71. The number of hydrogen-bond donors (Lipinski definition) is 1. The fourth-order valence-electron chi connectivity index (χ4n) is 4.62. The third-order valence-corrected chi connectivity index (χ3v) is 6.99. The van der Waals surface area contributed by atoms with E-state index in [4.69, 9.17) is 11.6 Å². The van der Waals surface area contributed by atoms with Gasteiger partial charge in [0.05, 0.1) is 28.8 Å². The monoisotopic (exact) mass is 579 g/mol. The molecule has 14 heteroatoms. The van der Waals surface area contributed by atoms with Crippen LogP contribution in [0.2, 0.25) is 5.02 Å². The predicted molar refractivity (Wildman–Crippen MR) is 126 cm³/mol. The smallest absolute Gasteiger partial charge is 0.374 e.